The second-order valence-electron chi connectivity index (χ2n) is 6.16. The Morgan fingerprint density at radius 2 is 1.75 bits per heavy atom. The molecule has 1 atom stereocenters. The lowest BCUT2D eigenvalue weighted by Gasteiger charge is -2.34. The number of hydrogen-bond donors (Lipinski definition) is 3. The average Bonchev–Trinajstić information content (AvgIpc) is 2.35. The van der Waals surface area contributed by atoms with Gasteiger partial charge in [0.1, 0.15) is 0 Å². The summed E-state index contributed by atoms with van der Waals surface area (Å²) in [6.45, 7) is 5.85. The van der Waals surface area contributed by atoms with Crippen molar-refractivity contribution in [3.8, 4) is 0 Å². The summed E-state index contributed by atoms with van der Waals surface area (Å²) in [5.74, 6) is -0.327. The van der Waals surface area contributed by atoms with E-state index in [1.165, 1.54) is 6.42 Å². The van der Waals surface area contributed by atoms with Gasteiger partial charge in [0.15, 0.2) is 0 Å². The van der Waals surface area contributed by atoms with Crippen molar-refractivity contribution in [2.45, 2.75) is 64.5 Å². The van der Waals surface area contributed by atoms with Gasteiger partial charge in [0.25, 0.3) is 0 Å². The van der Waals surface area contributed by atoms with Gasteiger partial charge in [0.05, 0.1) is 12.6 Å². The molecule has 0 radical (unpaired) electrons. The molecule has 1 saturated carbocycles. The van der Waals surface area contributed by atoms with Crippen LogP contribution in [0.4, 0.5) is 0 Å². The van der Waals surface area contributed by atoms with Crippen molar-refractivity contribution in [2.24, 2.45) is 11.7 Å². The first kappa shape index (κ1) is 19.2. The minimum Gasteiger partial charge on any atom is -0.349 e. The number of hydrogen-bond acceptors (Lipinski definition) is 3. The zero-order valence-electron chi connectivity index (χ0n) is 12.7. The highest BCUT2D eigenvalue weighted by molar-refractivity contribution is 5.87. The highest BCUT2D eigenvalue weighted by atomic mass is 35.5. The summed E-state index contributed by atoms with van der Waals surface area (Å²) >= 11 is 0. The van der Waals surface area contributed by atoms with Crippen LogP contribution < -0.4 is 16.4 Å². The third-order valence-electron chi connectivity index (χ3n) is 3.84. The molecule has 1 aliphatic carbocycles. The van der Waals surface area contributed by atoms with E-state index < -0.39 is 6.04 Å². The molecular formula is C14H28ClN3O2. The van der Waals surface area contributed by atoms with E-state index in [0.29, 0.717) is 0 Å². The molecule has 0 unspecified atom stereocenters. The summed E-state index contributed by atoms with van der Waals surface area (Å²) in [4.78, 5) is 23.5. The predicted molar refractivity (Wildman–Crippen MR) is 82.7 cm³/mol. The number of carbonyl (C=O) groups excluding carboxylic acids is 2. The lowest BCUT2D eigenvalue weighted by atomic mass is 9.83. The van der Waals surface area contributed by atoms with Crippen LogP contribution in [0.2, 0.25) is 0 Å². The summed E-state index contributed by atoms with van der Waals surface area (Å²) in [6, 6.07) is -0.557. The zero-order valence-corrected chi connectivity index (χ0v) is 13.5. The Kier molecular flexibility index (Phi) is 8.13. The van der Waals surface area contributed by atoms with E-state index in [2.05, 4.69) is 17.6 Å². The van der Waals surface area contributed by atoms with Crippen molar-refractivity contribution >= 4 is 24.2 Å². The Morgan fingerprint density at radius 1 is 1.20 bits per heavy atom. The molecule has 0 aromatic carbocycles. The third kappa shape index (κ3) is 6.09. The number of rotatable bonds is 5. The Balaban J connectivity index is 0.00000361. The summed E-state index contributed by atoms with van der Waals surface area (Å²) < 4.78 is 0. The molecule has 118 valence electrons. The quantitative estimate of drug-likeness (QED) is 0.717. The molecule has 0 aliphatic heterocycles. The summed E-state index contributed by atoms with van der Waals surface area (Å²) in [7, 11) is 0. The van der Waals surface area contributed by atoms with Gasteiger partial charge in [0.2, 0.25) is 11.8 Å². The maximum absolute atomic E-state index is 11.8. The summed E-state index contributed by atoms with van der Waals surface area (Å²) in [6.07, 6.45) is 5.57. The van der Waals surface area contributed by atoms with Crippen molar-refractivity contribution in [2.75, 3.05) is 6.54 Å². The molecule has 0 bridgehead atoms. The fourth-order valence-corrected chi connectivity index (χ4v) is 2.43. The molecule has 2 amide bonds. The monoisotopic (exact) mass is 305 g/mol. The number of halogens is 1. The van der Waals surface area contributed by atoms with Crippen LogP contribution in [0.5, 0.6) is 0 Å². The zero-order chi connectivity index (χ0) is 14.5. The number of nitrogens with two attached hydrogens (primary N) is 1. The van der Waals surface area contributed by atoms with Crippen molar-refractivity contribution in [3.05, 3.63) is 0 Å². The van der Waals surface area contributed by atoms with Crippen LogP contribution >= 0.6 is 12.4 Å². The lowest BCUT2D eigenvalue weighted by Crippen LogP contribution is -2.52. The summed E-state index contributed by atoms with van der Waals surface area (Å²) in [5.41, 5.74) is 5.60. The molecule has 0 heterocycles. The molecule has 20 heavy (non-hydrogen) atoms. The number of carbonyl (C=O) groups is 2. The smallest absolute Gasteiger partial charge is 0.239 e. The second kappa shape index (κ2) is 8.47. The van der Waals surface area contributed by atoms with E-state index >= 15 is 0 Å². The van der Waals surface area contributed by atoms with E-state index in [4.69, 9.17) is 5.73 Å². The Bertz CT molecular complexity index is 328. The SMILES string of the molecule is CC(C)[C@H](N)C(=O)NCC(=O)NC1(C)CCCCC1.Cl. The van der Waals surface area contributed by atoms with Crippen LogP contribution in [0.3, 0.4) is 0 Å². The molecule has 5 nitrogen and oxygen atoms in total. The first-order valence-corrected chi connectivity index (χ1v) is 7.18. The normalized spacial score (nSPS) is 18.9. The second-order valence-corrected chi connectivity index (χ2v) is 6.16. The van der Waals surface area contributed by atoms with Gasteiger partial charge in [0, 0.05) is 5.54 Å². The Hall–Kier alpha value is -0.810. The minimum absolute atomic E-state index is 0. The number of amides is 2. The van der Waals surface area contributed by atoms with Gasteiger partial charge >= 0.3 is 0 Å². The highest BCUT2D eigenvalue weighted by Gasteiger charge is 2.28. The van der Waals surface area contributed by atoms with Gasteiger partial charge in [-0.15, -0.1) is 12.4 Å². The van der Waals surface area contributed by atoms with Crippen LogP contribution in [-0.4, -0.2) is 29.9 Å². The van der Waals surface area contributed by atoms with Crippen LogP contribution in [0.25, 0.3) is 0 Å². The number of nitrogens with one attached hydrogen (secondary N) is 2. The fraction of sp³-hybridized carbons (Fsp3) is 0.857. The topological polar surface area (TPSA) is 84.2 Å². The van der Waals surface area contributed by atoms with Gasteiger partial charge in [-0.1, -0.05) is 33.1 Å². The molecular weight excluding hydrogens is 278 g/mol. The maximum atomic E-state index is 11.8. The average molecular weight is 306 g/mol. The van der Waals surface area contributed by atoms with Gasteiger partial charge < -0.3 is 16.4 Å². The van der Waals surface area contributed by atoms with Crippen molar-refractivity contribution in [3.63, 3.8) is 0 Å². The van der Waals surface area contributed by atoms with Crippen molar-refractivity contribution in [1.82, 2.24) is 10.6 Å². The van der Waals surface area contributed by atoms with Crippen LogP contribution in [0, 0.1) is 5.92 Å². The molecule has 1 rings (SSSR count). The Labute approximate surface area is 127 Å². The maximum Gasteiger partial charge on any atom is 0.239 e. The fourth-order valence-electron chi connectivity index (χ4n) is 2.43. The van der Waals surface area contributed by atoms with Gasteiger partial charge in [-0.2, -0.15) is 0 Å². The van der Waals surface area contributed by atoms with Crippen LogP contribution in [0.1, 0.15) is 52.9 Å². The predicted octanol–water partition coefficient (Wildman–Crippen LogP) is 1.35. The molecule has 6 heteroatoms. The van der Waals surface area contributed by atoms with E-state index in [9.17, 15) is 9.59 Å². The lowest BCUT2D eigenvalue weighted by molar-refractivity contribution is -0.128. The first-order chi connectivity index (χ1) is 8.84. The molecule has 1 aliphatic rings. The van der Waals surface area contributed by atoms with Crippen molar-refractivity contribution < 1.29 is 9.59 Å². The first-order valence-electron chi connectivity index (χ1n) is 7.18. The molecule has 0 spiro atoms. The highest BCUT2D eigenvalue weighted by Crippen LogP contribution is 2.27. The van der Waals surface area contributed by atoms with Crippen LogP contribution in [-0.2, 0) is 9.59 Å². The molecule has 4 N–H and O–H groups in total. The molecule has 1 fully saturated rings. The summed E-state index contributed by atoms with van der Waals surface area (Å²) in [5, 5.41) is 5.62. The standard InChI is InChI=1S/C14H27N3O2.ClH/c1-10(2)12(15)13(19)16-9-11(18)17-14(3)7-5-4-6-8-14;/h10,12H,4-9,15H2,1-3H3,(H,16,19)(H,17,18);1H/t12-;/m0./s1. The minimum atomic E-state index is -0.557. The van der Waals surface area contributed by atoms with Crippen LogP contribution in [0.15, 0.2) is 0 Å². The molecule has 0 aromatic rings. The van der Waals surface area contributed by atoms with E-state index in [0.717, 1.165) is 25.7 Å². The van der Waals surface area contributed by atoms with Gasteiger partial charge in [-0.3, -0.25) is 9.59 Å². The van der Waals surface area contributed by atoms with Gasteiger partial charge in [-0.05, 0) is 25.7 Å². The van der Waals surface area contributed by atoms with E-state index in [1.54, 1.807) is 0 Å². The van der Waals surface area contributed by atoms with E-state index in [-0.39, 0.29) is 42.2 Å². The largest absolute Gasteiger partial charge is 0.349 e. The van der Waals surface area contributed by atoms with E-state index in [1.807, 2.05) is 13.8 Å². The Morgan fingerprint density at radius 3 is 2.25 bits per heavy atom. The van der Waals surface area contributed by atoms with Crippen molar-refractivity contribution in [1.29, 1.82) is 0 Å². The molecule has 0 saturated heterocycles. The molecule has 0 aromatic heterocycles. The third-order valence-corrected chi connectivity index (χ3v) is 3.84. The van der Waals surface area contributed by atoms with Gasteiger partial charge in [-0.25, -0.2) is 0 Å².